The predicted molar refractivity (Wildman–Crippen MR) is 101 cm³/mol. The first-order valence-corrected chi connectivity index (χ1v) is 8.70. The highest BCUT2D eigenvalue weighted by Crippen LogP contribution is 2.31. The van der Waals surface area contributed by atoms with Crippen LogP contribution in [0.15, 0.2) is 24.3 Å². The Morgan fingerprint density at radius 2 is 2.00 bits per heavy atom. The maximum atomic E-state index is 12.7. The number of hydrogen-bond acceptors (Lipinski definition) is 5. The molecule has 144 valence electrons. The van der Waals surface area contributed by atoms with Crippen LogP contribution in [0.3, 0.4) is 0 Å². The lowest BCUT2D eigenvalue weighted by Crippen LogP contribution is -2.51. The Morgan fingerprint density at radius 3 is 2.69 bits per heavy atom. The third kappa shape index (κ3) is 4.28. The van der Waals surface area contributed by atoms with Crippen LogP contribution in [0, 0.1) is 5.92 Å². The first kappa shape index (κ1) is 20.5. The van der Waals surface area contributed by atoms with Crippen molar-refractivity contribution in [1.29, 1.82) is 0 Å². The molecule has 0 aliphatic carbocycles. The summed E-state index contributed by atoms with van der Waals surface area (Å²) in [6, 6.07) is 6.23. The van der Waals surface area contributed by atoms with E-state index in [0.717, 1.165) is 18.5 Å². The van der Waals surface area contributed by atoms with Gasteiger partial charge in [0.2, 0.25) is 11.8 Å². The van der Waals surface area contributed by atoms with Gasteiger partial charge < -0.3 is 25.4 Å². The zero-order valence-electron chi connectivity index (χ0n) is 14.8. The molecule has 2 amide bonds. The average molecular weight is 384 g/mol. The molecule has 2 unspecified atom stereocenters. The molecule has 0 saturated carbocycles. The van der Waals surface area contributed by atoms with Crippen molar-refractivity contribution in [2.45, 2.75) is 31.3 Å². The number of anilines is 1. The standard InChI is InChI=1S/C18H25N3O4.ClH/c1-24-15-5-3-2-4-14(15)21-9-6-13(18(21)23)20-17(22)16(19)12-7-10-25-11-8-12;/h2-5,12-13,16H,6-11,19H2,1H3,(H,20,22);1H. The number of benzene rings is 1. The van der Waals surface area contributed by atoms with Gasteiger partial charge in [0.25, 0.3) is 0 Å². The maximum Gasteiger partial charge on any atom is 0.249 e. The number of nitrogens with zero attached hydrogens (tertiary/aromatic N) is 1. The minimum atomic E-state index is -0.600. The van der Waals surface area contributed by atoms with Crippen molar-refractivity contribution in [1.82, 2.24) is 5.32 Å². The van der Waals surface area contributed by atoms with E-state index >= 15 is 0 Å². The predicted octanol–water partition coefficient (Wildman–Crippen LogP) is 1.09. The van der Waals surface area contributed by atoms with Gasteiger partial charge in [-0.1, -0.05) is 12.1 Å². The van der Waals surface area contributed by atoms with Crippen LogP contribution in [0.2, 0.25) is 0 Å². The van der Waals surface area contributed by atoms with Crippen molar-refractivity contribution in [3.05, 3.63) is 24.3 Å². The van der Waals surface area contributed by atoms with Gasteiger partial charge in [-0.25, -0.2) is 0 Å². The van der Waals surface area contributed by atoms with Crippen LogP contribution in [-0.4, -0.2) is 50.8 Å². The lowest BCUT2D eigenvalue weighted by molar-refractivity contribution is -0.128. The van der Waals surface area contributed by atoms with Crippen molar-refractivity contribution < 1.29 is 19.1 Å². The van der Waals surface area contributed by atoms with Crippen molar-refractivity contribution in [3.8, 4) is 5.75 Å². The Balaban J connectivity index is 0.00000243. The summed E-state index contributed by atoms with van der Waals surface area (Å²) in [6.45, 7) is 1.81. The summed E-state index contributed by atoms with van der Waals surface area (Å²) in [5.74, 6) is 0.362. The fourth-order valence-electron chi connectivity index (χ4n) is 3.46. The van der Waals surface area contributed by atoms with Gasteiger partial charge >= 0.3 is 0 Å². The van der Waals surface area contributed by atoms with E-state index in [-0.39, 0.29) is 30.1 Å². The van der Waals surface area contributed by atoms with Crippen LogP contribution >= 0.6 is 12.4 Å². The molecule has 2 aliphatic rings. The van der Waals surface area contributed by atoms with Gasteiger partial charge in [0.1, 0.15) is 11.8 Å². The summed E-state index contributed by atoms with van der Waals surface area (Å²) in [5.41, 5.74) is 6.82. The number of para-hydroxylation sites is 2. The molecular weight excluding hydrogens is 358 g/mol. The lowest BCUT2D eigenvalue weighted by Gasteiger charge is -2.27. The molecule has 0 aromatic heterocycles. The zero-order valence-corrected chi connectivity index (χ0v) is 15.7. The second-order valence-corrected chi connectivity index (χ2v) is 6.49. The molecule has 0 bridgehead atoms. The van der Waals surface area contributed by atoms with E-state index in [1.165, 1.54) is 0 Å². The Labute approximate surface area is 159 Å². The average Bonchev–Trinajstić information content (AvgIpc) is 3.02. The summed E-state index contributed by atoms with van der Waals surface area (Å²) in [4.78, 5) is 26.8. The van der Waals surface area contributed by atoms with E-state index in [0.29, 0.717) is 31.9 Å². The normalized spacial score (nSPS) is 21.8. The molecule has 3 rings (SSSR count). The number of methoxy groups -OCH3 is 1. The Hall–Kier alpha value is -1.83. The van der Waals surface area contributed by atoms with Gasteiger partial charge in [0.05, 0.1) is 18.8 Å². The molecule has 2 fully saturated rings. The van der Waals surface area contributed by atoms with Crippen molar-refractivity contribution >= 4 is 29.9 Å². The zero-order chi connectivity index (χ0) is 17.8. The topological polar surface area (TPSA) is 93.9 Å². The first-order chi connectivity index (χ1) is 12.1. The lowest BCUT2D eigenvalue weighted by atomic mass is 9.91. The number of carbonyl (C=O) groups excluding carboxylic acids is 2. The van der Waals surface area contributed by atoms with E-state index in [2.05, 4.69) is 5.32 Å². The van der Waals surface area contributed by atoms with Crippen LogP contribution in [0.1, 0.15) is 19.3 Å². The second-order valence-electron chi connectivity index (χ2n) is 6.49. The van der Waals surface area contributed by atoms with E-state index < -0.39 is 12.1 Å². The number of hydrogen-bond donors (Lipinski definition) is 2. The van der Waals surface area contributed by atoms with Crippen molar-refractivity contribution in [3.63, 3.8) is 0 Å². The molecule has 2 saturated heterocycles. The van der Waals surface area contributed by atoms with Gasteiger partial charge in [0.15, 0.2) is 0 Å². The van der Waals surface area contributed by atoms with E-state index in [4.69, 9.17) is 15.2 Å². The Morgan fingerprint density at radius 1 is 1.31 bits per heavy atom. The fraction of sp³-hybridized carbons (Fsp3) is 0.556. The number of amides is 2. The smallest absolute Gasteiger partial charge is 0.249 e. The molecule has 7 nitrogen and oxygen atoms in total. The molecule has 2 atom stereocenters. The van der Waals surface area contributed by atoms with Crippen LogP contribution in [0.5, 0.6) is 5.75 Å². The first-order valence-electron chi connectivity index (χ1n) is 8.70. The number of nitrogens with one attached hydrogen (secondary N) is 1. The molecule has 8 heteroatoms. The van der Waals surface area contributed by atoms with E-state index in [1.807, 2.05) is 24.3 Å². The molecule has 1 aromatic rings. The van der Waals surface area contributed by atoms with Crippen LogP contribution in [0.4, 0.5) is 5.69 Å². The fourth-order valence-corrected chi connectivity index (χ4v) is 3.46. The molecule has 1 aromatic carbocycles. The molecular formula is C18H26ClN3O4. The molecule has 2 aliphatic heterocycles. The molecule has 2 heterocycles. The quantitative estimate of drug-likeness (QED) is 0.793. The van der Waals surface area contributed by atoms with E-state index in [9.17, 15) is 9.59 Å². The third-order valence-corrected chi connectivity index (χ3v) is 4.97. The highest BCUT2D eigenvalue weighted by atomic mass is 35.5. The highest BCUT2D eigenvalue weighted by Gasteiger charge is 2.36. The largest absolute Gasteiger partial charge is 0.495 e. The number of ether oxygens (including phenoxy) is 2. The van der Waals surface area contributed by atoms with Gasteiger partial charge in [-0.15, -0.1) is 12.4 Å². The van der Waals surface area contributed by atoms with Crippen LogP contribution in [0.25, 0.3) is 0 Å². The van der Waals surface area contributed by atoms with Crippen molar-refractivity contribution in [2.75, 3.05) is 31.8 Å². The van der Waals surface area contributed by atoms with Crippen molar-refractivity contribution in [2.24, 2.45) is 11.7 Å². The second kappa shape index (κ2) is 9.21. The minimum absolute atomic E-state index is 0. The van der Waals surface area contributed by atoms with Crippen LogP contribution in [-0.2, 0) is 14.3 Å². The Bertz CT molecular complexity index is 637. The summed E-state index contributed by atoms with van der Waals surface area (Å²) >= 11 is 0. The number of carbonyl (C=O) groups is 2. The Kier molecular flexibility index (Phi) is 7.25. The van der Waals surface area contributed by atoms with Gasteiger partial charge in [-0.2, -0.15) is 0 Å². The third-order valence-electron chi connectivity index (χ3n) is 4.97. The summed E-state index contributed by atoms with van der Waals surface area (Å²) in [7, 11) is 1.57. The number of nitrogens with two attached hydrogens (primary N) is 1. The maximum absolute atomic E-state index is 12.7. The SMILES string of the molecule is COc1ccccc1N1CCC(NC(=O)C(N)C2CCOCC2)C1=O.Cl. The number of halogens is 1. The summed E-state index contributed by atoms with van der Waals surface area (Å²) in [6.07, 6.45) is 2.12. The molecule has 26 heavy (non-hydrogen) atoms. The summed E-state index contributed by atoms with van der Waals surface area (Å²) in [5, 5.41) is 2.83. The molecule has 0 radical (unpaired) electrons. The highest BCUT2D eigenvalue weighted by molar-refractivity contribution is 6.02. The monoisotopic (exact) mass is 383 g/mol. The van der Waals surface area contributed by atoms with Gasteiger partial charge in [-0.3, -0.25) is 9.59 Å². The minimum Gasteiger partial charge on any atom is -0.495 e. The van der Waals surface area contributed by atoms with E-state index in [1.54, 1.807) is 12.0 Å². The molecule has 3 N–H and O–H groups in total. The van der Waals surface area contributed by atoms with Gasteiger partial charge in [0, 0.05) is 19.8 Å². The van der Waals surface area contributed by atoms with Crippen LogP contribution < -0.4 is 20.7 Å². The van der Waals surface area contributed by atoms with Gasteiger partial charge in [-0.05, 0) is 37.3 Å². The summed E-state index contributed by atoms with van der Waals surface area (Å²) < 4.78 is 10.6. The number of rotatable bonds is 5. The molecule has 0 spiro atoms.